The summed E-state index contributed by atoms with van der Waals surface area (Å²) < 4.78 is 19.2. The molecule has 0 aliphatic heterocycles. The van der Waals surface area contributed by atoms with E-state index in [1.165, 1.54) is 12.1 Å². The Labute approximate surface area is 140 Å². The normalized spacial score (nSPS) is 10.4. The first-order valence-corrected chi connectivity index (χ1v) is 7.73. The molecule has 5 heteroatoms. The molecule has 23 heavy (non-hydrogen) atoms. The SMILES string of the molecule is Cc1cc(C)cc(OCCNC(=O)Cc2ccc(Cl)cc2F)c1. The molecule has 3 nitrogen and oxygen atoms in total. The average Bonchev–Trinajstić information content (AvgIpc) is 2.46. The number of amides is 1. The predicted molar refractivity (Wildman–Crippen MR) is 89.5 cm³/mol. The number of hydrogen-bond donors (Lipinski definition) is 1. The van der Waals surface area contributed by atoms with Gasteiger partial charge in [-0.1, -0.05) is 23.7 Å². The molecule has 0 spiro atoms. The number of benzene rings is 2. The second-order valence-electron chi connectivity index (χ2n) is 5.43. The molecule has 1 N–H and O–H groups in total. The Balaban J connectivity index is 1.76. The van der Waals surface area contributed by atoms with E-state index in [0.29, 0.717) is 23.7 Å². The molecular weight excluding hydrogens is 317 g/mol. The van der Waals surface area contributed by atoms with Crippen LogP contribution in [-0.4, -0.2) is 19.1 Å². The fraction of sp³-hybridized carbons (Fsp3) is 0.278. The summed E-state index contributed by atoms with van der Waals surface area (Å²) in [5.74, 6) is 0.0508. The molecule has 0 aliphatic rings. The summed E-state index contributed by atoms with van der Waals surface area (Å²) in [5.41, 5.74) is 2.58. The van der Waals surface area contributed by atoms with E-state index >= 15 is 0 Å². The molecule has 0 heterocycles. The zero-order chi connectivity index (χ0) is 16.8. The Kier molecular flexibility index (Phi) is 5.99. The molecular formula is C18H19ClFNO2. The van der Waals surface area contributed by atoms with Gasteiger partial charge in [-0.2, -0.15) is 0 Å². The maximum absolute atomic E-state index is 13.6. The van der Waals surface area contributed by atoms with E-state index in [2.05, 4.69) is 11.4 Å². The summed E-state index contributed by atoms with van der Waals surface area (Å²) in [6, 6.07) is 10.2. The van der Waals surface area contributed by atoms with Crippen molar-refractivity contribution >= 4 is 17.5 Å². The summed E-state index contributed by atoms with van der Waals surface area (Å²) in [4.78, 5) is 11.8. The van der Waals surface area contributed by atoms with Crippen molar-refractivity contribution in [3.05, 3.63) is 63.9 Å². The van der Waals surface area contributed by atoms with Gasteiger partial charge in [0.1, 0.15) is 18.2 Å². The Morgan fingerprint density at radius 1 is 1.17 bits per heavy atom. The van der Waals surface area contributed by atoms with Crippen molar-refractivity contribution < 1.29 is 13.9 Å². The zero-order valence-corrected chi connectivity index (χ0v) is 13.9. The number of carbonyl (C=O) groups excluding carboxylic acids is 1. The van der Waals surface area contributed by atoms with Crippen LogP contribution in [0.3, 0.4) is 0 Å². The van der Waals surface area contributed by atoms with Gasteiger partial charge in [0.05, 0.1) is 13.0 Å². The highest BCUT2D eigenvalue weighted by Crippen LogP contribution is 2.16. The number of aryl methyl sites for hydroxylation is 2. The van der Waals surface area contributed by atoms with Crippen LogP contribution in [0.25, 0.3) is 0 Å². The molecule has 0 aliphatic carbocycles. The van der Waals surface area contributed by atoms with Crippen LogP contribution in [0.5, 0.6) is 5.75 Å². The molecule has 1 amide bonds. The number of rotatable bonds is 6. The summed E-state index contributed by atoms with van der Waals surface area (Å²) in [7, 11) is 0. The van der Waals surface area contributed by atoms with Gasteiger partial charge in [0.2, 0.25) is 5.91 Å². The summed E-state index contributed by atoms with van der Waals surface area (Å²) in [6.07, 6.45) is -0.0213. The molecule has 0 saturated heterocycles. The van der Waals surface area contributed by atoms with Crippen molar-refractivity contribution in [1.82, 2.24) is 5.32 Å². The lowest BCUT2D eigenvalue weighted by molar-refractivity contribution is -0.120. The zero-order valence-electron chi connectivity index (χ0n) is 13.2. The van der Waals surface area contributed by atoms with E-state index in [0.717, 1.165) is 16.9 Å². The number of halogens is 2. The Morgan fingerprint density at radius 2 is 1.87 bits per heavy atom. The third kappa shape index (κ3) is 5.57. The van der Waals surface area contributed by atoms with Crippen molar-refractivity contribution in [2.24, 2.45) is 0 Å². The molecule has 0 unspecified atom stereocenters. The lowest BCUT2D eigenvalue weighted by Gasteiger charge is -2.09. The smallest absolute Gasteiger partial charge is 0.224 e. The topological polar surface area (TPSA) is 38.3 Å². The van der Waals surface area contributed by atoms with Gasteiger partial charge >= 0.3 is 0 Å². The molecule has 0 fully saturated rings. The van der Waals surface area contributed by atoms with Crippen LogP contribution in [0.15, 0.2) is 36.4 Å². The van der Waals surface area contributed by atoms with Gasteiger partial charge in [0, 0.05) is 5.02 Å². The van der Waals surface area contributed by atoms with Crippen molar-refractivity contribution in [1.29, 1.82) is 0 Å². The second kappa shape index (κ2) is 7.97. The van der Waals surface area contributed by atoms with Crippen molar-refractivity contribution in [3.63, 3.8) is 0 Å². The molecule has 0 radical (unpaired) electrons. The largest absolute Gasteiger partial charge is 0.492 e. The van der Waals surface area contributed by atoms with Crippen molar-refractivity contribution in [3.8, 4) is 5.75 Å². The molecule has 2 rings (SSSR count). The van der Waals surface area contributed by atoms with E-state index in [4.69, 9.17) is 16.3 Å². The minimum absolute atomic E-state index is 0.0213. The van der Waals surface area contributed by atoms with E-state index in [-0.39, 0.29) is 12.3 Å². The van der Waals surface area contributed by atoms with E-state index < -0.39 is 5.82 Å². The minimum Gasteiger partial charge on any atom is -0.492 e. The first-order chi connectivity index (χ1) is 10.9. The van der Waals surface area contributed by atoms with Crippen molar-refractivity contribution in [2.45, 2.75) is 20.3 Å². The summed E-state index contributed by atoms with van der Waals surface area (Å²) in [6.45, 7) is 4.73. The van der Waals surface area contributed by atoms with Gasteiger partial charge in [-0.05, 0) is 54.8 Å². The first-order valence-electron chi connectivity index (χ1n) is 7.36. The fourth-order valence-corrected chi connectivity index (χ4v) is 2.43. The number of nitrogens with one attached hydrogen (secondary N) is 1. The van der Waals surface area contributed by atoms with E-state index in [1.54, 1.807) is 6.07 Å². The first kappa shape index (κ1) is 17.3. The minimum atomic E-state index is -0.473. The number of hydrogen-bond acceptors (Lipinski definition) is 2. The summed E-state index contributed by atoms with van der Waals surface area (Å²) >= 11 is 5.68. The van der Waals surface area contributed by atoms with Crippen LogP contribution in [-0.2, 0) is 11.2 Å². The van der Waals surface area contributed by atoms with Gasteiger partial charge in [0.15, 0.2) is 0 Å². The molecule has 0 atom stereocenters. The predicted octanol–water partition coefficient (Wildman–Crippen LogP) is 3.83. The average molecular weight is 336 g/mol. The lowest BCUT2D eigenvalue weighted by Crippen LogP contribution is -2.29. The maximum atomic E-state index is 13.6. The summed E-state index contributed by atoms with van der Waals surface area (Å²) in [5, 5.41) is 3.02. The molecule has 0 bridgehead atoms. The van der Waals surface area contributed by atoms with Crippen LogP contribution in [0, 0.1) is 19.7 Å². The monoisotopic (exact) mass is 335 g/mol. The van der Waals surface area contributed by atoms with Crippen LogP contribution >= 0.6 is 11.6 Å². The standard InChI is InChI=1S/C18H19ClFNO2/c1-12-7-13(2)9-16(8-12)23-6-5-21-18(22)10-14-3-4-15(19)11-17(14)20/h3-4,7-9,11H,5-6,10H2,1-2H3,(H,21,22). The van der Waals surface area contributed by atoms with Crippen LogP contribution < -0.4 is 10.1 Å². The highest BCUT2D eigenvalue weighted by atomic mass is 35.5. The molecule has 122 valence electrons. The van der Waals surface area contributed by atoms with E-state index in [9.17, 15) is 9.18 Å². The number of ether oxygens (including phenoxy) is 1. The molecule has 0 aromatic heterocycles. The van der Waals surface area contributed by atoms with Crippen LogP contribution in [0.2, 0.25) is 5.02 Å². The number of carbonyl (C=O) groups is 1. The quantitative estimate of drug-likeness (QED) is 0.815. The van der Waals surface area contributed by atoms with Gasteiger partial charge in [-0.25, -0.2) is 4.39 Å². The Hall–Kier alpha value is -2.07. The fourth-order valence-electron chi connectivity index (χ4n) is 2.28. The second-order valence-corrected chi connectivity index (χ2v) is 5.87. The Bertz CT molecular complexity index is 683. The maximum Gasteiger partial charge on any atom is 0.224 e. The lowest BCUT2D eigenvalue weighted by atomic mass is 10.1. The highest BCUT2D eigenvalue weighted by Gasteiger charge is 2.08. The van der Waals surface area contributed by atoms with Gasteiger partial charge < -0.3 is 10.1 Å². The van der Waals surface area contributed by atoms with Gasteiger partial charge in [-0.15, -0.1) is 0 Å². The molecule has 0 saturated carbocycles. The van der Waals surface area contributed by atoms with E-state index in [1.807, 2.05) is 26.0 Å². The highest BCUT2D eigenvalue weighted by molar-refractivity contribution is 6.30. The van der Waals surface area contributed by atoms with Crippen LogP contribution in [0.4, 0.5) is 4.39 Å². The van der Waals surface area contributed by atoms with Gasteiger partial charge in [-0.3, -0.25) is 4.79 Å². The molecule has 2 aromatic carbocycles. The van der Waals surface area contributed by atoms with Crippen molar-refractivity contribution in [2.75, 3.05) is 13.2 Å². The third-order valence-electron chi connectivity index (χ3n) is 3.25. The third-order valence-corrected chi connectivity index (χ3v) is 3.49. The Morgan fingerprint density at radius 3 is 2.52 bits per heavy atom. The van der Waals surface area contributed by atoms with Gasteiger partial charge in [0.25, 0.3) is 0 Å². The molecule has 2 aromatic rings. The van der Waals surface area contributed by atoms with Crippen LogP contribution in [0.1, 0.15) is 16.7 Å².